The molecule has 2 fully saturated rings. The van der Waals surface area contributed by atoms with E-state index in [-0.39, 0.29) is 18.3 Å². The molecule has 0 aromatic heterocycles. The van der Waals surface area contributed by atoms with Crippen LogP contribution in [0.5, 0.6) is 11.5 Å². The second kappa shape index (κ2) is 8.28. The average molecular weight is 367 g/mol. The van der Waals surface area contributed by atoms with E-state index in [1.165, 1.54) is 12.8 Å². The lowest BCUT2D eigenvalue weighted by molar-refractivity contribution is 0.0704. The molecule has 5 nitrogen and oxygen atoms in total. The Balaban J connectivity index is 0.00000182. The van der Waals surface area contributed by atoms with Crippen molar-refractivity contribution in [1.82, 2.24) is 10.2 Å². The van der Waals surface area contributed by atoms with Gasteiger partial charge in [-0.15, -0.1) is 12.4 Å². The van der Waals surface area contributed by atoms with Crippen LogP contribution in [-0.2, 0) is 0 Å². The summed E-state index contributed by atoms with van der Waals surface area (Å²) in [5.41, 5.74) is 0.698. The molecule has 2 aliphatic heterocycles. The smallest absolute Gasteiger partial charge is 0.253 e. The molecule has 0 bridgehead atoms. The lowest BCUT2D eigenvalue weighted by Gasteiger charge is -2.32. The summed E-state index contributed by atoms with van der Waals surface area (Å²) >= 11 is 0. The first-order valence-corrected chi connectivity index (χ1v) is 9.22. The second-order valence-corrected chi connectivity index (χ2v) is 7.13. The zero-order valence-electron chi connectivity index (χ0n) is 14.5. The summed E-state index contributed by atoms with van der Waals surface area (Å²) in [4.78, 5) is 14.7. The van der Waals surface area contributed by atoms with Crippen molar-refractivity contribution in [1.29, 1.82) is 0 Å². The zero-order valence-corrected chi connectivity index (χ0v) is 15.4. The number of carbonyl (C=O) groups excluding carboxylic acids is 1. The van der Waals surface area contributed by atoms with Crippen LogP contribution in [-0.4, -0.2) is 49.7 Å². The van der Waals surface area contributed by atoms with Crippen molar-refractivity contribution < 1.29 is 14.3 Å². The first-order valence-electron chi connectivity index (χ1n) is 9.22. The predicted octanol–water partition coefficient (Wildman–Crippen LogP) is 2.87. The van der Waals surface area contributed by atoms with E-state index in [0.717, 1.165) is 50.6 Å². The Kier molecular flexibility index (Phi) is 6.07. The van der Waals surface area contributed by atoms with E-state index in [9.17, 15) is 4.79 Å². The molecule has 3 aliphatic rings. The molecule has 0 spiro atoms. The second-order valence-electron chi connectivity index (χ2n) is 7.13. The van der Waals surface area contributed by atoms with Crippen LogP contribution < -0.4 is 14.8 Å². The van der Waals surface area contributed by atoms with Gasteiger partial charge in [0.15, 0.2) is 11.5 Å². The van der Waals surface area contributed by atoms with Crippen LogP contribution in [0.25, 0.3) is 0 Å². The molecule has 4 rings (SSSR count). The fraction of sp³-hybridized carbons (Fsp3) is 0.632. The number of ether oxygens (including phenoxy) is 2. The number of likely N-dealkylation sites (tertiary alicyclic amines) is 1. The summed E-state index contributed by atoms with van der Waals surface area (Å²) < 4.78 is 11.3. The Labute approximate surface area is 155 Å². The quantitative estimate of drug-likeness (QED) is 0.890. The summed E-state index contributed by atoms with van der Waals surface area (Å²) in [5.74, 6) is 2.45. The lowest BCUT2D eigenvalue weighted by atomic mass is 10.0. The van der Waals surface area contributed by atoms with Gasteiger partial charge in [-0.25, -0.2) is 0 Å². The normalized spacial score (nSPS) is 20.6. The van der Waals surface area contributed by atoms with E-state index < -0.39 is 0 Å². The van der Waals surface area contributed by atoms with Gasteiger partial charge in [-0.3, -0.25) is 4.79 Å². The predicted molar refractivity (Wildman–Crippen MR) is 98.9 cm³/mol. The largest absolute Gasteiger partial charge is 0.490 e. The molecule has 0 unspecified atom stereocenters. The number of piperidine rings is 1. The van der Waals surface area contributed by atoms with Crippen LogP contribution in [0.15, 0.2) is 18.2 Å². The zero-order chi connectivity index (χ0) is 16.4. The maximum Gasteiger partial charge on any atom is 0.253 e. The van der Waals surface area contributed by atoms with Crippen LogP contribution in [0, 0.1) is 5.92 Å². The first kappa shape index (κ1) is 18.3. The molecule has 2 heterocycles. The maximum atomic E-state index is 12.8. The van der Waals surface area contributed by atoms with Crippen LogP contribution in [0.2, 0.25) is 0 Å². The van der Waals surface area contributed by atoms with Crippen molar-refractivity contribution >= 4 is 18.3 Å². The van der Waals surface area contributed by atoms with E-state index >= 15 is 0 Å². The molecule has 1 saturated carbocycles. The highest BCUT2D eigenvalue weighted by Crippen LogP contribution is 2.31. The summed E-state index contributed by atoms with van der Waals surface area (Å²) in [7, 11) is 0. The highest BCUT2D eigenvalue weighted by atomic mass is 35.5. The standard InChI is InChI=1S/C19H26N2O3.ClH/c22-19(15-4-5-17-18(12-15)24-11-1-10-23-17)21-8-6-16(7-9-21)20-13-14-2-3-14;/h4-5,12,14,16,20H,1-3,6-11,13H2;1H. The lowest BCUT2D eigenvalue weighted by Crippen LogP contribution is -2.45. The van der Waals surface area contributed by atoms with Gasteiger partial charge >= 0.3 is 0 Å². The summed E-state index contributed by atoms with van der Waals surface area (Å²) in [6, 6.07) is 6.12. The third-order valence-corrected chi connectivity index (χ3v) is 5.17. The monoisotopic (exact) mass is 366 g/mol. The Bertz CT molecular complexity index is 598. The minimum atomic E-state index is 0. The molecule has 6 heteroatoms. The number of amides is 1. The molecule has 0 atom stereocenters. The number of carbonyl (C=O) groups is 1. The van der Waals surface area contributed by atoms with Gasteiger partial charge in [0.25, 0.3) is 5.91 Å². The Hall–Kier alpha value is -1.46. The molecular weight excluding hydrogens is 340 g/mol. The minimum Gasteiger partial charge on any atom is -0.490 e. The Morgan fingerprint density at radius 3 is 2.52 bits per heavy atom. The van der Waals surface area contributed by atoms with E-state index in [1.807, 2.05) is 23.1 Å². The van der Waals surface area contributed by atoms with Crippen molar-refractivity contribution in [2.24, 2.45) is 5.92 Å². The third-order valence-electron chi connectivity index (χ3n) is 5.17. The van der Waals surface area contributed by atoms with Gasteiger partial charge in [0.05, 0.1) is 13.2 Å². The van der Waals surface area contributed by atoms with Crippen LogP contribution in [0.1, 0.15) is 42.5 Å². The highest BCUT2D eigenvalue weighted by molar-refractivity contribution is 5.95. The fourth-order valence-corrected chi connectivity index (χ4v) is 3.42. The molecule has 0 radical (unpaired) electrons. The molecule has 1 aromatic rings. The van der Waals surface area contributed by atoms with E-state index in [0.29, 0.717) is 30.6 Å². The number of hydrogen-bond acceptors (Lipinski definition) is 4. The van der Waals surface area contributed by atoms with E-state index in [2.05, 4.69) is 5.32 Å². The van der Waals surface area contributed by atoms with Gasteiger partial charge in [-0.2, -0.15) is 0 Å². The molecule has 1 saturated heterocycles. The SMILES string of the molecule is Cl.O=C(c1ccc2c(c1)OCCCO2)N1CCC(NCC2CC2)CC1. The van der Waals surface area contributed by atoms with Crippen molar-refractivity contribution in [3.05, 3.63) is 23.8 Å². The summed E-state index contributed by atoms with van der Waals surface area (Å²) in [6.07, 6.45) is 5.73. The Morgan fingerprint density at radius 2 is 1.80 bits per heavy atom. The number of rotatable bonds is 4. The van der Waals surface area contributed by atoms with Gasteiger partial charge in [0.2, 0.25) is 0 Å². The number of benzene rings is 1. The van der Waals surface area contributed by atoms with Crippen molar-refractivity contribution in [3.63, 3.8) is 0 Å². The molecule has 1 N–H and O–H groups in total. The third kappa shape index (κ3) is 4.59. The summed E-state index contributed by atoms with van der Waals surface area (Å²) in [6.45, 7) is 4.12. The van der Waals surface area contributed by atoms with Crippen molar-refractivity contribution in [2.45, 2.75) is 38.1 Å². The maximum absolute atomic E-state index is 12.8. The molecular formula is C19H27ClN2O3. The van der Waals surface area contributed by atoms with Crippen LogP contribution >= 0.6 is 12.4 Å². The molecule has 138 valence electrons. The number of nitrogens with one attached hydrogen (secondary N) is 1. The highest BCUT2D eigenvalue weighted by Gasteiger charge is 2.27. The molecule has 1 amide bonds. The molecule has 1 aliphatic carbocycles. The minimum absolute atomic E-state index is 0. The van der Waals surface area contributed by atoms with Gasteiger partial charge in [-0.05, 0) is 56.3 Å². The number of fused-ring (bicyclic) bond motifs is 1. The molecule has 1 aromatic carbocycles. The van der Waals surface area contributed by atoms with Crippen LogP contribution in [0.4, 0.5) is 0 Å². The van der Waals surface area contributed by atoms with Gasteiger partial charge in [0.1, 0.15) is 0 Å². The summed E-state index contributed by atoms with van der Waals surface area (Å²) in [5, 5.41) is 3.66. The Morgan fingerprint density at radius 1 is 1.08 bits per heavy atom. The number of halogens is 1. The van der Waals surface area contributed by atoms with Crippen molar-refractivity contribution in [3.8, 4) is 11.5 Å². The fourth-order valence-electron chi connectivity index (χ4n) is 3.42. The van der Waals surface area contributed by atoms with E-state index in [4.69, 9.17) is 9.47 Å². The first-order chi connectivity index (χ1) is 11.8. The average Bonchev–Trinajstić information content (AvgIpc) is 3.46. The van der Waals surface area contributed by atoms with Gasteiger partial charge in [0, 0.05) is 31.1 Å². The van der Waals surface area contributed by atoms with Crippen molar-refractivity contribution in [2.75, 3.05) is 32.8 Å². The molecule has 25 heavy (non-hydrogen) atoms. The number of hydrogen-bond donors (Lipinski definition) is 1. The number of nitrogens with zero attached hydrogens (tertiary/aromatic N) is 1. The van der Waals surface area contributed by atoms with Crippen LogP contribution in [0.3, 0.4) is 0 Å². The van der Waals surface area contributed by atoms with E-state index in [1.54, 1.807) is 0 Å². The topological polar surface area (TPSA) is 50.8 Å². The van der Waals surface area contributed by atoms with Gasteiger partial charge in [-0.1, -0.05) is 0 Å². The van der Waals surface area contributed by atoms with Gasteiger partial charge < -0.3 is 19.7 Å².